The molecule has 2 aromatic heterocycles. The number of fused-ring (bicyclic) bond motifs is 2. The number of likely N-dealkylation sites (N-methyl/N-ethyl adjacent to an activating group) is 1. The third kappa shape index (κ3) is 4.21. The van der Waals surface area contributed by atoms with Crippen LogP contribution in [-0.2, 0) is 32.9 Å². The number of anilines is 1. The van der Waals surface area contributed by atoms with Crippen molar-refractivity contribution in [2.45, 2.75) is 12.6 Å². The Morgan fingerprint density at radius 1 is 1.03 bits per heavy atom. The Labute approximate surface area is 205 Å². The van der Waals surface area contributed by atoms with Gasteiger partial charge in [0.05, 0.1) is 11.1 Å². The fourth-order valence-corrected chi connectivity index (χ4v) is 4.63. The summed E-state index contributed by atoms with van der Waals surface area (Å²) < 4.78 is 1.45. The van der Waals surface area contributed by atoms with Crippen molar-refractivity contribution in [2.24, 2.45) is 7.05 Å². The van der Waals surface area contributed by atoms with E-state index < -0.39 is 6.23 Å². The molecule has 2 aliphatic heterocycles. The predicted octanol–water partition coefficient (Wildman–Crippen LogP) is 1.37. The number of carbonyl (C=O) groups is 1. The third-order valence-electron chi connectivity index (χ3n) is 6.52. The van der Waals surface area contributed by atoms with Crippen molar-refractivity contribution < 1.29 is 29.4 Å². The van der Waals surface area contributed by atoms with Gasteiger partial charge < -0.3 is 24.4 Å². The molecule has 0 spiro atoms. The van der Waals surface area contributed by atoms with E-state index in [0.717, 1.165) is 29.7 Å². The molecule has 8 nitrogen and oxygen atoms in total. The molecule has 5 rings (SSSR count). The van der Waals surface area contributed by atoms with Gasteiger partial charge >= 0.3 is 0 Å². The molecule has 9 heteroatoms. The minimum absolute atomic E-state index is 0. The van der Waals surface area contributed by atoms with Crippen molar-refractivity contribution in [1.82, 2.24) is 19.4 Å². The standard InChI is InChI=1S/C24H27N5O3.Zn/c1-26-11-13-28(14-12-26)21-20-18(15-27(2)24(21)32)22(30)29(23(20)31)10-9-17-8-7-16-5-3-4-6-19(16)25-17;/h3-8,15,23,31H,9-14H2,1-2H3;. The first kappa shape index (κ1) is 23.5. The van der Waals surface area contributed by atoms with E-state index >= 15 is 0 Å². The largest absolute Gasteiger partial charge is 0.369 e. The summed E-state index contributed by atoms with van der Waals surface area (Å²) in [4.78, 5) is 36.6. The van der Waals surface area contributed by atoms with Crippen LogP contribution in [0, 0.1) is 0 Å². The summed E-state index contributed by atoms with van der Waals surface area (Å²) in [7, 11) is 3.70. The molecule has 1 amide bonds. The number of rotatable bonds is 4. The molecule has 4 heterocycles. The first-order valence-corrected chi connectivity index (χ1v) is 10.9. The summed E-state index contributed by atoms with van der Waals surface area (Å²) in [6, 6.07) is 11.9. The molecule has 1 saturated heterocycles. The number of aryl methyl sites for hydroxylation is 1. The molecule has 2 aliphatic rings. The minimum atomic E-state index is -1.14. The number of amides is 1. The van der Waals surface area contributed by atoms with E-state index in [2.05, 4.69) is 9.88 Å². The molecule has 0 aliphatic carbocycles. The van der Waals surface area contributed by atoms with Crippen LogP contribution in [0.1, 0.15) is 27.8 Å². The summed E-state index contributed by atoms with van der Waals surface area (Å²) >= 11 is 0. The van der Waals surface area contributed by atoms with Crippen molar-refractivity contribution in [2.75, 3.05) is 44.7 Å². The van der Waals surface area contributed by atoms with E-state index in [-0.39, 0.29) is 30.9 Å². The second-order valence-electron chi connectivity index (χ2n) is 8.63. The van der Waals surface area contributed by atoms with Crippen LogP contribution in [0.15, 0.2) is 47.4 Å². The van der Waals surface area contributed by atoms with Crippen LogP contribution in [0.2, 0.25) is 0 Å². The number of hydrogen-bond donors (Lipinski definition) is 1. The molecule has 168 valence electrons. The minimum Gasteiger partial charge on any atom is -0.369 e. The van der Waals surface area contributed by atoms with Crippen LogP contribution >= 0.6 is 0 Å². The van der Waals surface area contributed by atoms with E-state index in [1.54, 1.807) is 13.2 Å². The summed E-state index contributed by atoms with van der Waals surface area (Å²) in [6.45, 7) is 3.34. The summed E-state index contributed by atoms with van der Waals surface area (Å²) in [5.41, 5.74) is 2.87. The fraction of sp³-hybridized carbons (Fsp3) is 0.375. The van der Waals surface area contributed by atoms with Gasteiger partial charge in [-0.15, -0.1) is 0 Å². The van der Waals surface area contributed by atoms with Gasteiger partial charge in [0, 0.05) is 88.5 Å². The topological polar surface area (TPSA) is 81.9 Å². The third-order valence-corrected chi connectivity index (χ3v) is 6.52. The first-order valence-electron chi connectivity index (χ1n) is 10.9. The Hall–Kier alpha value is -2.61. The van der Waals surface area contributed by atoms with Crippen LogP contribution < -0.4 is 10.5 Å². The Balaban J connectivity index is 0.00000259. The quantitative estimate of drug-likeness (QED) is 0.547. The summed E-state index contributed by atoms with van der Waals surface area (Å²) in [5.74, 6) is -0.251. The van der Waals surface area contributed by atoms with Crippen molar-refractivity contribution in [3.05, 3.63) is 69.8 Å². The van der Waals surface area contributed by atoms with Crippen LogP contribution in [0.25, 0.3) is 10.9 Å². The summed E-state index contributed by atoms with van der Waals surface area (Å²) in [6.07, 6.45) is 0.931. The number of nitrogens with zero attached hydrogens (tertiary/aromatic N) is 5. The van der Waals surface area contributed by atoms with E-state index in [1.807, 2.05) is 48.3 Å². The van der Waals surface area contributed by atoms with Crippen molar-refractivity contribution in [1.29, 1.82) is 0 Å². The van der Waals surface area contributed by atoms with Gasteiger partial charge in [-0.3, -0.25) is 14.6 Å². The number of carbonyl (C=O) groups excluding carboxylic acids is 1. The van der Waals surface area contributed by atoms with Crippen molar-refractivity contribution >= 4 is 22.5 Å². The maximum absolute atomic E-state index is 13.2. The fourth-order valence-electron chi connectivity index (χ4n) is 4.63. The zero-order chi connectivity index (χ0) is 22.4. The number of aliphatic hydroxyl groups excluding tert-OH is 1. The predicted molar refractivity (Wildman–Crippen MR) is 123 cm³/mol. The second-order valence-corrected chi connectivity index (χ2v) is 8.63. The van der Waals surface area contributed by atoms with Gasteiger partial charge in [0.1, 0.15) is 5.69 Å². The van der Waals surface area contributed by atoms with Gasteiger partial charge in [-0.05, 0) is 19.2 Å². The number of aromatic nitrogens is 2. The zero-order valence-corrected chi connectivity index (χ0v) is 22.0. The van der Waals surface area contributed by atoms with Gasteiger partial charge in [0.15, 0.2) is 6.23 Å². The maximum Gasteiger partial charge on any atom is 0.274 e. The van der Waals surface area contributed by atoms with Gasteiger partial charge in [0.25, 0.3) is 11.5 Å². The Kier molecular flexibility index (Phi) is 6.66. The van der Waals surface area contributed by atoms with Crippen LogP contribution in [-0.4, -0.2) is 70.1 Å². The zero-order valence-electron chi connectivity index (χ0n) is 19.1. The van der Waals surface area contributed by atoms with Gasteiger partial charge in [-0.25, -0.2) is 0 Å². The molecular weight excluding hydrogens is 472 g/mol. The van der Waals surface area contributed by atoms with E-state index in [4.69, 9.17) is 0 Å². The average Bonchev–Trinajstić information content (AvgIpc) is 3.03. The summed E-state index contributed by atoms with van der Waals surface area (Å²) in [5, 5.41) is 12.2. The number of benzene rings is 1. The van der Waals surface area contributed by atoms with Crippen molar-refractivity contribution in [3.63, 3.8) is 0 Å². The number of aliphatic hydroxyl groups is 1. The molecular formula is C24H27N5O3Zn. The van der Waals surface area contributed by atoms with Gasteiger partial charge in [-0.1, -0.05) is 24.3 Å². The second kappa shape index (κ2) is 9.33. The van der Waals surface area contributed by atoms with Gasteiger partial charge in [0.2, 0.25) is 0 Å². The van der Waals surface area contributed by atoms with Crippen LogP contribution in [0.4, 0.5) is 5.69 Å². The molecule has 1 N–H and O–H groups in total. The molecule has 1 fully saturated rings. The molecule has 33 heavy (non-hydrogen) atoms. The first-order chi connectivity index (χ1) is 15.4. The molecule has 0 bridgehead atoms. The van der Waals surface area contributed by atoms with Crippen LogP contribution in [0.5, 0.6) is 0 Å². The SMILES string of the molecule is CN1CCN(c2c3c(cn(C)c2=O)C(=O)N(CCc2ccc4ccccc4n2)C3O)CC1.[Zn]. The number of hydrogen-bond acceptors (Lipinski definition) is 6. The molecule has 0 radical (unpaired) electrons. The number of piperazine rings is 1. The Morgan fingerprint density at radius 3 is 2.52 bits per heavy atom. The van der Waals surface area contributed by atoms with Crippen LogP contribution in [0.3, 0.4) is 0 Å². The maximum atomic E-state index is 13.2. The Bertz CT molecular complexity index is 1250. The number of pyridine rings is 2. The average molecular weight is 499 g/mol. The van der Waals surface area contributed by atoms with Crippen molar-refractivity contribution in [3.8, 4) is 0 Å². The van der Waals surface area contributed by atoms with E-state index in [0.29, 0.717) is 42.9 Å². The van der Waals surface area contributed by atoms with E-state index in [9.17, 15) is 14.7 Å². The monoisotopic (exact) mass is 497 g/mol. The molecule has 3 aromatic rings. The molecule has 1 atom stereocenters. The smallest absolute Gasteiger partial charge is 0.274 e. The normalized spacial score (nSPS) is 18.5. The molecule has 1 aromatic carbocycles. The number of para-hydroxylation sites is 1. The van der Waals surface area contributed by atoms with Gasteiger partial charge in [-0.2, -0.15) is 0 Å². The molecule has 1 unspecified atom stereocenters. The molecule has 0 saturated carbocycles. The Morgan fingerprint density at radius 2 is 1.76 bits per heavy atom. The van der Waals surface area contributed by atoms with E-state index in [1.165, 1.54) is 9.47 Å².